The molecule has 126 valence electrons. The minimum Gasteiger partial charge on any atom is -0.306 e. The van der Waals surface area contributed by atoms with Gasteiger partial charge in [0.05, 0.1) is 30.3 Å². The smallest absolute Gasteiger partial charge is 0.258 e. The van der Waals surface area contributed by atoms with E-state index in [0.717, 1.165) is 23.2 Å². The molecule has 25 heavy (non-hydrogen) atoms. The van der Waals surface area contributed by atoms with Crippen LogP contribution in [0.15, 0.2) is 49.1 Å². The highest BCUT2D eigenvalue weighted by Crippen LogP contribution is 2.28. The second-order valence-electron chi connectivity index (χ2n) is 6.01. The zero-order valence-corrected chi connectivity index (χ0v) is 14.4. The summed E-state index contributed by atoms with van der Waals surface area (Å²) in [6.45, 7) is 2.60. The van der Waals surface area contributed by atoms with Crippen molar-refractivity contribution in [3.8, 4) is 0 Å². The quantitative estimate of drug-likeness (QED) is 0.725. The van der Waals surface area contributed by atoms with Crippen LogP contribution in [0.2, 0.25) is 5.02 Å². The Hall–Kier alpha value is -2.73. The summed E-state index contributed by atoms with van der Waals surface area (Å²) in [6.07, 6.45) is 7.54. The number of fused-ring (bicyclic) bond motifs is 1. The second kappa shape index (κ2) is 6.29. The molecule has 1 aliphatic heterocycles. The molecule has 0 N–H and O–H groups in total. The Morgan fingerprint density at radius 3 is 2.76 bits per heavy atom. The molecule has 3 aromatic rings. The van der Waals surface area contributed by atoms with Gasteiger partial charge < -0.3 is 4.90 Å². The van der Waals surface area contributed by atoms with Gasteiger partial charge in [-0.2, -0.15) is 15.0 Å². The van der Waals surface area contributed by atoms with E-state index < -0.39 is 0 Å². The molecular weight excluding hydrogens is 338 g/mol. The molecule has 6 nitrogen and oxygen atoms in total. The lowest BCUT2D eigenvalue weighted by Crippen LogP contribution is -2.37. The molecule has 3 heterocycles. The van der Waals surface area contributed by atoms with Gasteiger partial charge in [0, 0.05) is 23.3 Å². The summed E-state index contributed by atoms with van der Waals surface area (Å²) < 4.78 is 0. The van der Waals surface area contributed by atoms with Crippen molar-refractivity contribution in [1.82, 2.24) is 20.0 Å². The lowest BCUT2D eigenvalue weighted by atomic mass is 9.98. The van der Waals surface area contributed by atoms with Gasteiger partial charge in [0.15, 0.2) is 0 Å². The fraction of sp³-hybridized carbons (Fsp3) is 0.222. The van der Waals surface area contributed by atoms with Gasteiger partial charge in [-0.3, -0.25) is 9.78 Å². The number of nitrogens with zero attached hydrogens (tertiary/aromatic N) is 5. The first-order chi connectivity index (χ1) is 12.1. The number of amides is 1. The van der Waals surface area contributed by atoms with Crippen molar-refractivity contribution in [3.63, 3.8) is 0 Å². The molecular formula is C18H16ClN5O. The van der Waals surface area contributed by atoms with Crippen LogP contribution < -0.4 is 4.90 Å². The molecule has 1 aromatic carbocycles. The Labute approximate surface area is 150 Å². The summed E-state index contributed by atoms with van der Waals surface area (Å²) in [5.74, 6) is -0.0262. The van der Waals surface area contributed by atoms with Gasteiger partial charge in [-0.1, -0.05) is 11.6 Å². The SMILES string of the molecule is CC(c1cncc(N2CCc3cc(Cl)ccc3C2=O)c1)n1nccn1. The van der Waals surface area contributed by atoms with E-state index in [1.54, 1.807) is 46.6 Å². The molecule has 4 rings (SSSR count). The highest BCUT2D eigenvalue weighted by atomic mass is 35.5. The van der Waals surface area contributed by atoms with E-state index in [4.69, 9.17) is 11.6 Å². The lowest BCUT2D eigenvalue weighted by Gasteiger charge is -2.29. The van der Waals surface area contributed by atoms with Crippen LogP contribution >= 0.6 is 11.6 Å². The summed E-state index contributed by atoms with van der Waals surface area (Å²) in [5.41, 5.74) is 3.42. The van der Waals surface area contributed by atoms with Crippen LogP contribution in [-0.4, -0.2) is 32.4 Å². The van der Waals surface area contributed by atoms with Crippen molar-refractivity contribution in [2.24, 2.45) is 0 Å². The predicted octanol–water partition coefficient (Wildman–Crippen LogP) is 3.14. The maximum absolute atomic E-state index is 12.9. The molecule has 0 aliphatic carbocycles. The van der Waals surface area contributed by atoms with E-state index in [0.29, 0.717) is 17.1 Å². The standard InChI is InChI=1S/C18H16ClN5O/c1-12(24-21-5-6-22-24)14-9-16(11-20-10-14)23-7-4-13-8-15(19)2-3-17(13)18(23)25/h2-3,5-6,8-12H,4,7H2,1H3. The largest absolute Gasteiger partial charge is 0.306 e. The number of carbonyl (C=O) groups is 1. The van der Waals surface area contributed by atoms with Crippen LogP contribution in [0.1, 0.15) is 34.5 Å². The van der Waals surface area contributed by atoms with Crippen molar-refractivity contribution in [2.45, 2.75) is 19.4 Å². The van der Waals surface area contributed by atoms with E-state index in [9.17, 15) is 4.79 Å². The minimum atomic E-state index is -0.0616. The zero-order chi connectivity index (χ0) is 17.4. The number of benzene rings is 1. The topological polar surface area (TPSA) is 63.9 Å². The third-order valence-corrected chi connectivity index (χ3v) is 4.70. The fourth-order valence-corrected chi connectivity index (χ4v) is 3.28. The van der Waals surface area contributed by atoms with Crippen molar-refractivity contribution >= 4 is 23.2 Å². The molecule has 0 bridgehead atoms. The molecule has 1 atom stereocenters. The molecule has 0 saturated heterocycles. The number of hydrogen-bond donors (Lipinski definition) is 0. The van der Waals surface area contributed by atoms with Gasteiger partial charge in [-0.15, -0.1) is 0 Å². The number of pyridine rings is 1. The average Bonchev–Trinajstić information content (AvgIpc) is 3.16. The van der Waals surface area contributed by atoms with Crippen molar-refractivity contribution in [3.05, 3.63) is 70.8 Å². The van der Waals surface area contributed by atoms with Gasteiger partial charge in [-0.05, 0) is 48.7 Å². The Morgan fingerprint density at radius 2 is 1.96 bits per heavy atom. The molecule has 1 aliphatic rings. The van der Waals surface area contributed by atoms with E-state index in [2.05, 4.69) is 15.2 Å². The molecule has 1 unspecified atom stereocenters. The first-order valence-corrected chi connectivity index (χ1v) is 8.42. The normalized spacial score (nSPS) is 15.1. The van der Waals surface area contributed by atoms with Gasteiger partial charge in [-0.25, -0.2) is 0 Å². The van der Waals surface area contributed by atoms with Crippen LogP contribution in [0.5, 0.6) is 0 Å². The summed E-state index contributed by atoms with van der Waals surface area (Å²) >= 11 is 6.03. The van der Waals surface area contributed by atoms with Crippen molar-refractivity contribution in [2.75, 3.05) is 11.4 Å². The average molecular weight is 354 g/mol. The Balaban J connectivity index is 1.66. The number of hydrogen-bond acceptors (Lipinski definition) is 4. The third-order valence-electron chi connectivity index (χ3n) is 4.47. The molecule has 0 radical (unpaired) electrons. The van der Waals surface area contributed by atoms with Crippen molar-refractivity contribution in [1.29, 1.82) is 0 Å². The molecule has 1 amide bonds. The van der Waals surface area contributed by atoms with Crippen LogP contribution in [0.3, 0.4) is 0 Å². The molecule has 0 fully saturated rings. The number of carbonyl (C=O) groups excluding carboxylic acids is 1. The predicted molar refractivity (Wildman–Crippen MR) is 94.9 cm³/mol. The molecule has 0 saturated carbocycles. The third kappa shape index (κ3) is 2.89. The van der Waals surface area contributed by atoms with E-state index in [1.807, 2.05) is 19.1 Å². The number of anilines is 1. The van der Waals surface area contributed by atoms with Crippen LogP contribution in [0.25, 0.3) is 0 Å². The molecule has 0 spiro atoms. The van der Waals surface area contributed by atoms with E-state index in [-0.39, 0.29) is 11.9 Å². The fourth-order valence-electron chi connectivity index (χ4n) is 3.08. The highest BCUT2D eigenvalue weighted by Gasteiger charge is 2.26. The zero-order valence-electron chi connectivity index (χ0n) is 13.6. The first-order valence-electron chi connectivity index (χ1n) is 8.04. The van der Waals surface area contributed by atoms with Crippen LogP contribution in [0.4, 0.5) is 5.69 Å². The van der Waals surface area contributed by atoms with Gasteiger partial charge in [0.2, 0.25) is 0 Å². The van der Waals surface area contributed by atoms with Crippen LogP contribution in [0, 0.1) is 0 Å². The first kappa shape index (κ1) is 15.8. The maximum atomic E-state index is 12.9. The summed E-state index contributed by atoms with van der Waals surface area (Å²) in [6, 6.07) is 7.32. The lowest BCUT2D eigenvalue weighted by molar-refractivity contribution is 0.0980. The van der Waals surface area contributed by atoms with E-state index >= 15 is 0 Å². The summed E-state index contributed by atoms with van der Waals surface area (Å²) in [4.78, 5) is 20.6. The maximum Gasteiger partial charge on any atom is 0.258 e. The number of aromatic nitrogens is 4. The van der Waals surface area contributed by atoms with Crippen molar-refractivity contribution < 1.29 is 4.79 Å². The molecule has 7 heteroatoms. The summed E-state index contributed by atoms with van der Waals surface area (Å²) in [7, 11) is 0. The monoisotopic (exact) mass is 353 g/mol. The molecule has 2 aromatic heterocycles. The minimum absolute atomic E-state index is 0.0262. The Morgan fingerprint density at radius 1 is 1.16 bits per heavy atom. The highest BCUT2D eigenvalue weighted by molar-refractivity contribution is 6.30. The second-order valence-corrected chi connectivity index (χ2v) is 6.45. The van der Waals surface area contributed by atoms with Gasteiger partial charge in [0.25, 0.3) is 5.91 Å². The summed E-state index contributed by atoms with van der Waals surface area (Å²) in [5, 5.41) is 9.00. The van der Waals surface area contributed by atoms with E-state index in [1.165, 1.54) is 0 Å². The van der Waals surface area contributed by atoms with Gasteiger partial charge >= 0.3 is 0 Å². The Kier molecular flexibility index (Phi) is 3.97. The Bertz CT molecular complexity index is 925. The number of rotatable bonds is 3. The van der Waals surface area contributed by atoms with Crippen LogP contribution in [-0.2, 0) is 6.42 Å². The van der Waals surface area contributed by atoms with Gasteiger partial charge in [0.1, 0.15) is 0 Å². The number of halogens is 1.